The maximum Gasteiger partial charge on any atom is 0.262 e. The highest BCUT2D eigenvalue weighted by molar-refractivity contribution is 7.98. The minimum absolute atomic E-state index is 0.0835. The smallest absolute Gasteiger partial charge is 0.262 e. The van der Waals surface area contributed by atoms with Crippen molar-refractivity contribution in [2.24, 2.45) is 0 Å². The number of aromatic nitrogens is 6. The normalized spacial score (nSPS) is 13.8. The molecule has 0 bridgehead atoms. The molecule has 2 aromatic heterocycles. The van der Waals surface area contributed by atoms with Crippen LogP contribution in [0.5, 0.6) is 0 Å². The van der Waals surface area contributed by atoms with Gasteiger partial charge in [-0.15, -0.1) is 5.10 Å². The fourth-order valence-electron chi connectivity index (χ4n) is 3.23. The van der Waals surface area contributed by atoms with E-state index in [4.69, 9.17) is 16.6 Å². The molecular weight excluding hydrogens is 408 g/mol. The van der Waals surface area contributed by atoms with Gasteiger partial charge in [0.1, 0.15) is 0 Å². The fraction of sp³-hybridized carbons (Fsp3) is 0.250. The number of fused-ring (bicyclic) bond motifs is 1. The summed E-state index contributed by atoms with van der Waals surface area (Å²) in [4.78, 5) is 18.0. The number of rotatable bonds is 6. The Balaban J connectivity index is 1.54. The van der Waals surface area contributed by atoms with E-state index in [9.17, 15) is 4.79 Å². The molecule has 0 unspecified atom stereocenters. The molecule has 5 rings (SSSR count). The molecule has 7 nitrogen and oxygen atoms in total. The van der Waals surface area contributed by atoms with Crippen LogP contribution in [0.15, 0.2) is 58.5 Å². The first-order chi connectivity index (χ1) is 14.2. The third kappa shape index (κ3) is 3.65. The molecule has 0 aliphatic heterocycles. The zero-order chi connectivity index (χ0) is 19.8. The molecule has 0 spiro atoms. The molecule has 1 saturated carbocycles. The van der Waals surface area contributed by atoms with E-state index in [0.717, 1.165) is 24.2 Å². The van der Waals surface area contributed by atoms with Gasteiger partial charge in [0, 0.05) is 5.02 Å². The van der Waals surface area contributed by atoms with E-state index in [1.807, 2.05) is 47.1 Å². The molecule has 1 aliphatic carbocycles. The highest BCUT2D eigenvalue weighted by Crippen LogP contribution is 2.35. The molecule has 1 aliphatic rings. The molecular formula is C20H17ClN6OS. The highest BCUT2D eigenvalue weighted by atomic mass is 35.5. The van der Waals surface area contributed by atoms with Crippen LogP contribution in [0.2, 0.25) is 5.02 Å². The third-order valence-electron chi connectivity index (χ3n) is 4.90. The minimum atomic E-state index is -0.0835. The summed E-state index contributed by atoms with van der Waals surface area (Å²) in [5.74, 6) is 1.33. The van der Waals surface area contributed by atoms with Crippen LogP contribution in [0.4, 0.5) is 0 Å². The lowest BCUT2D eigenvalue weighted by molar-refractivity contribution is 0.592. The Morgan fingerprint density at radius 3 is 2.72 bits per heavy atom. The first kappa shape index (κ1) is 18.3. The second kappa shape index (κ2) is 7.61. The summed E-state index contributed by atoms with van der Waals surface area (Å²) >= 11 is 7.81. The number of thioether (sulfide) groups is 1. The Morgan fingerprint density at radius 2 is 1.90 bits per heavy atom. The van der Waals surface area contributed by atoms with Crippen LogP contribution in [0.1, 0.15) is 30.3 Å². The molecule has 1 fully saturated rings. The van der Waals surface area contributed by atoms with Crippen molar-refractivity contribution < 1.29 is 0 Å². The topological polar surface area (TPSA) is 78.5 Å². The van der Waals surface area contributed by atoms with Crippen LogP contribution in [0.25, 0.3) is 10.9 Å². The second-order valence-electron chi connectivity index (χ2n) is 6.95. The van der Waals surface area contributed by atoms with Crippen molar-refractivity contribution in [2.75, 3.05) is 0 Å². The molecule has 0 amide bonds. The lowest BCUT2D eigenvalue weighted by Gasteiger charge is -2.14. The maximum atomic E-state index is 13.2. The number of para-hydroxylation sites is 1. The van der Waals surface area contributed by atoms with Crippen molar-refractivity contribution in [2.45, 2.75) is 36.3 Å². The van der Waals surface area contributed by atoms with Gasteiger partial charge < -0.3 is 0 Å². The summed E-state index contributed by atoms with van der Waals surface area (Å²) in [5.41, 5.74) is 1.47. The van der Waals surface area contributed by atoms with Gasteiger partial charge in [-0.1, -0.05) is 53.7 Å². The fourth-order valence-corrected chi connectivity index (χ4v) is 4.34. The molecule has 29 heavy (non-hydrogen) atoms. The Morgan fingerprint density at radius 1 is 1.10 bits per heavy atom. The van der Waals surface area contributed by atoms with Gasteiger partial charge in [-0.25, -0.2) is 9.67 Å². The summed E-state index contributed by atoms with van der Waals surface area (Å²) in [6.07, 6.45) is 2.21. The Bertz CT molecular complexity index is 1250. The molecule has 0 radical (unpaired) electrons. The Hall–Kier alpha value is -2.71. The van der Waals surface area contributed by atoms with Crippen molar-refractivity contribution in [1.82, 2.24) is 29.8 Å². The average molecular weight is 425 g/mol. The van der Waals surface area contributed by atoms with E-state index in [1.165, 1.54) is 11.8 Å². The van der Waals surface area contributed by atoms with Gasteiger partial charge in [0.2, 0.25) is 0 Å². The molecule has 2 heterocycles. The molecule has 2 aromatic carbocycles. The summed E-state index contributed by atoms with van der Waals surface area (Å²) in [6, 6.07) is 15.3. The van der Waals surface area contributed by atoms with Crippen LogP contribution < -0.4 is 5.56 Å². The second-order valence-corrected chi connectivity index (χ2v) is 8.30. The van der Waals surface area contributed by atoms with Gasteiger partial charge in [-0.2, -0.15) is 0 Å². The summed E-state index contributed by atoms with van der Waals surface area (Å²) < 4.78 is 3.56. The zero-order valence-electron chi connectivity index (χ0n) is 15.4. The molecule has 0 N–H and O–H groups in total. The molecule has 9 heteroatoms. The van der Waals surface area contributed by atoms with E-state index in [2.05, 4.69) is 15.5 Å². The van der Waals surface area contributed by atoms with Gasteiger partial charge in [-0.05, 0) is 47.0 Å². The van der Waals surface area contributed by atoms with E-state index in [-0.39, 0.29) is 5.56 Å². The first-order valence-electron chi connectivity index (χ1n) is 9.33. The van der Waals surface area contributed by atoms with E-state index in [1.54, 1.807) is 10.6 Å². The van der Waals surface area contributed by atoms with Crippen LogP contribution in [0.3, 0.4) is 0 Å². The molecule has 4 aromatic rings. The number of benzene rings is 2. The standard InChI is InChI=1S/C20H17ClN6OS/c21-16-7-3-1-5-13(16)11-26-19(28)15-6-2-4-8-17(15)22-20(26)29-12-18-23-24-25-27(18)14-9-10-14/h1-8,14H,9-12H2. The van der Waals surface area contributed by atoms with Gasteiger partial charge in [0.25, 0.3) is 5.56 Å². The molecule has 0 saturated heterocycles. The van der Waals surface area contributed by atoms with Crippen molar-refractivity contribution in [3.8, 4) is 0 Å². The predicted molar refractivity (Wildman–Crippen MR) is 112 cm³/mol. The number of halogens is 1. The number of tetrazole rings is 1. The van der Waals surface area contributed by atoms with E-state index >= 15 is 0 Å². The molecule has 146 valence electrons. The lowest BCUT2D eigenvalue weighted by Crippen LogP contribution is -2.24. The maximum absolute atomic E-state index is 13.2. The quantitative estimate of drug-likeness (QED) is 0.347. The van der Waals surface area contributed by atoms with Crippen LogP contribution >= 0.6 is 23.4 Å². The Labute approximate surface area is 175 Å². The number of hydrogen-bond donors (Lipinski definition) is 0. The van der Waals surface area contributed by atoms with Gasteiger partial charge in [0.05, 0.1) is 29.2 Å². The highest BCUT2D eigenvalue weighted by Gasteiger charge is 2.27. The van der Waals surface area contributed by atoms with Crippen molar-refractivity contribution in [3.05, 3.63) is 75.3 Å². The minimum Gasteiger partial charge on any atom is -0.283 e. The SMILES string of the molecule is O=c1c2ccccc2nc(SCc2nnnn2C2CC2)n1Cc1ccccc1Cl. The van der Waals surface area contributed by atoms with E-state index in [0.29, 0.717) is 39.4 Å². The van der Waals surface area contributed by atoms with Gasteiger partial charge in [0.15, 0.2) is 11.0 Å². The van der Waals surface area contributed by atoms with Crippen LogP contribution in [0, 0.1) is 0 Å². The largest absolute Gasteiger partial charge is 0.283 e. The monoisotopic (exact) mass is 424 g/mol. The summed E-state index contributed by atoms with van der Waals surface area (Å²) in [6.45, 7) is 0.353. The lowest BCUT2D eigenvalue weighted by atomic mass is 10.2. The van der Waals surface area contributed by atoms with Crippen molar-refractivity contribution >= 4 is 34.3 Å². The molecule has 0 atom stereocenters. The summed E-state index contributed by atoms with van der Waals surface area (Å²) in [7, 11) is 0. The number of hydrogen-bond acceptors (Lipinski definition) is 6. The van der Waals surface area contributed by atoms with Crippen molar-refractivity contribution in [1.29, 1.82) is 0 Å². The average Bonchev–Trinajstić information content (AvgIpc) is 3.48. The van der Waals surface area contributed by atoms with Crippen LogP contribution in [-0.4, -0.2) is 29.8 Å². The van der Waals surface area contributed by atoms with Crippen molar-refractivity contribution in [3.63, 3.8) is 0 Å². The Kier molecular flexibility index (Phi) is 4.81. The third-order valence-corrected chi connectivity index (χ3v) is 6.24. The predicted octanol–water partition coefficient (Wildman–Crippen LogP) is 3.71. The van der Waals surface area contributed by atoms with Gasteiger partial charge >= 0.3 is 0 Å². The first-order valence-corrected chi connectivity index (χ1v) is 10.7. The number of nitrogens with zero attached hydrogens (tertiary/aromatic N) is 6. The van der Waals surface area contributed by atoms with Gasteiger partial charge in [-0.3, -0.25) is 9.36 Å². The van der Waals surface area contributed by atoms with E-state index < -0.39 is 0 Å². The summed E-state index contributed by atoms with van der Waals surface area (Å²) in [5, 5.41) is 13.9. The zero-order valence-corrected chi connectivity index (χ0v) is 17.0. The van der Waals surface area contributed by atoms with Crippen LogP contribution in [-0.2, 0) is 12.3 Å².